The SMILES string of the molecule is Brc1nc(CSC2CCCCC2)ns1. The van der Waals surface area contributed by atoms with Crippen molar-refractivity contribution in [3.63, 3.8) is 0 Å². The van der Waals surface area contributed by atoms with Crippen LogP contribution in [0.25, 0.3) is 0 Å². The maximum Gasteiger partial charge on any atom is 0.179 e. The van der Waals surface area contributed by atoms with E-state index in [-0.39, 0.29) is 0 Å². The van der Waals surface area contributed by atoms with Crippen LogP contribution in [0, 0.1) is 0 Å². The zero-order valence-corrected chi connectivity index (χ0v) is 11.1. The summed E-state index contributed by atoms with van der Waals surface area (Å²) in [5, 5.41) is 0.853. The van der Waals surface area contributed by atoms with E-state index < -0.39 is 0 Å². The van der Waals surface area contributed by atoms with Crippen LogP contribution in [0.3, 0.4) is 0 Å². The van der Waals surface area contributed by atoms with Gasteiger partial charge >= 0.3 is 0 Å². The number of aromatic nitrogens is 2. The zero-order valence-electron chi connectivity index (χ0n) is 7.91. The van der Waals surface area contributed by atoms with Gasteiger partial charge in [0.1, 0.15) is 0 Å². The Labute approximate surface area is 101 Å². The molecule has 0 saturated heterocycles. The molecule has 0 spiro atoms. The van der Waals surface area contributed by atoms with Gasteiger partial charge in [0.2, 0.25) is 0 Å². The number of hydrogen-bond acceptors (Lipinski definition) is 4. The van der Waals surface area contributed by atoms with Crippen LogP contribution in [0.2, 0.25) is 0 Å². The quantitative estimate of drug-likeness (QED) is 0.846. The second-order valence-electron chi connectivity index (χ2n) is 3.53. The van der Waals surface area contributed by atoms with Crippen LogP contribution in [0.4, 0.5) is 0 Å². The molecule has 1 aromatic rings. The van der Waals surface area contributed by atoms with Gasteiger partial charge in [0.05, 0.1) is 5.75 Å². The molecular weight excluding hydrogens is 280 g/mol. The van der Waals surface area contributed by atoms with Crippen molar-refractivity contribution in [2.24, 2.45) is 0 Å². The topological polar surface area (TPSA) is 25.8 Å². The Morgan fingerprint density at radius 3 is 2.79 bits per heavy atom. The molecule has 1 heterocycles. The third kappa shape index (κ3) is 3.21. The molecule has 0 aliphatic heterocycles. The molecule has 0 bridgehead atoms. The van der Waals surface area contributed by atoms with Gasteiger partial charge in [0.15, 0.2) is 9.74 Å². The van der Waals surface area contributed by atoms with Crippen LogP contribution in [-0.4, -0.2) is 14.6 Å². The molecule has 1 fully saturated rings. The summed E-state index contributed by atoms with van der Waals surface area (Å²) in [5.74, 6) is 1.96. The summed E-state index contributed by atoms with van der Waals surface area (Å²) >= 11 is 6.79. The number of hydrogen-bond donors (Lipinski definition) is 0. The van der Waals surface area contributed by atoms with Gasteiger partial charge in [-0.1, -0.05) is 19.3 Å². The van der Waals surface area contributed by atoms with E-state index in [9.17, 15) is 0 Å². The van der Waals surface area contributed by atoms with Crippen LogP contribution >= 0.6 is 39.2 Å². The minimum Gasteiger partial charge on any atom is -0.212 e. The standard InChI is InChI=1S/C9H13BrN2S2/c10-9-11-8(12-14-9)6-13-7-4-2-1-3-5-7/h7H,1-6H2. The molecule has 0 radical (unpaired) electrons. The largest absolute Gasteiger partial charge is 0.212 e. The molecule has 14 heavy (non-hydrogen) atoms. The second kappa shape index (κ2) is 5.47. The third-order valence-electron chi connectivity index (χ3n) is 2.44. The lowest BCUT2D eigenvalue weighted by molar-refractivity contribution is 0.516. The minimum atomic E-state index is 0.853. The first-order valence-electron chi connectivity index (χ1n) is 4.94. The molecule has 0 unspecified atom stereocenters. The van der Waals surface area contributed by atoms with Crippen molar-refractivity contribution in [3.8, 4) is 0 Å². The van der Waals surface area contributed by atoms with Crippen molar-refractivity contribution >= 4 is 39.2 Å². The minimum absolute atomic E-state index is 0.853. The van der Waals surface area contributed by atoms with Gasteiger partial charge in [-0.05, 0) is 40.3 Å². The van der Waals surface area contributed by atoms with E-state index in [1.165, 1.54) is 43.6 Å². The third-order valence-corrected chi connectivity index (χ3v) is 4.97. The van der Waals surface area contributed by atoms with Crippen LogP contribution in [-0.2, 0) is 5.75 Å². The monoisotopic (exact) mass is 292 g/mol. The molecule has 0 aromatic carbocycles. The summed E-state index contributed by atoms with van der Waals surface area (Å²) < 4.78 is 5.16. The zero-order chi connectivity index (χ0) is 9.80. The Morgan fingerprint density at radius 2 is 2.14 bits per heavy atom. The smallest absolute Gasteiger partial charge is 0.179 e. The summed E-state index contributed by atoms with van der Waals surface area (Å²) in [5.41, 5.74) is 0. The molecule has 2 rings (SSSR count). The van der Waals surface area contributed by atoms with Crippen molar-refractivity contribution in [1.29, 1.82) is 0 Å². The Morgan fingerprint density at radius 1 is 1.36 bits per heavy atom. The predicted octanol–water partition coefficient (Wildman–Crippen LogP) is 3.87. The van der Waals surface area contributed by atoms with Crippen molar-refractivity contribution in [2.75, 3.05) is 0 Å². The summed E-state index contributed by atoms with van der Waals surface area (Å²) in [4.78, 5) is 4.30. The van der Waals surface area contributed by atoms with E-state index >= 15 is 0 Å². The molecule has 5 heteroatoms. The number of nitrogens with zero attached hydrogens (tertiary/aromatic N) is 2. The fourth-order valence-corrected chi connectivity index (χ4v) is 3.83. The van der Waals surface area contributed by atoms with Crippen molar-refractivity contribution in [3.05, 3.63) is 9.74 Å². The van der Waals surface area contributed by atoms with Crippen LogP contribution in [0.5, 0.6) is 0 Å². The van der Waals surface area contributed by atoms with Gasteiger partial charge in [-0.3, -0.25) is 0 Å². The maximum atomic E-state index is 4.30. The van der Waals surface area contributed by atoms with Crippen LogP contribution < -0.4 is 0 Å². The highest BCUT2D eigenvalue weighted by Gasteiger charge is 2.14. The first-order valence-corrected chi connectivity index (χ1v) is 7.56. The molecule has 1 saturated carbocycles. The van der Waals surface area contributed by atoms with E-state index in [0.717, 1.165) is 20.7 Å². The van der Waals surface area contributed by atoms with E-state index in [0.29, 0.717) is 0 Å². The van der Waals surface area contributed by atoms with Gasteiger partial charge in [0, 0.05) is 5.25 Å². The van der Waals surface area contributed by atoms with Crippen molar-refractivity contribution in [1.82, 2.24) is 9.36 Å². The Hall–Kier alpha value is 0.390. The summed E-state index contributed by atoms with van der Waals surface area (Å²) in [6.07, 6.45) is 7.02. The van der Waals surface area contributed by atoms with Crippen molar-refractivity contribution in [2.45, 2.75) is 43.1 Å². The summed E-state index contributed by atoms with van der Waals surface area (Å²) in [7, 11) is 0. The average Bonchev–Trinajstić information content (AvgIpc) is 2.63. The lowest BCUT2D eigenvalue weighted by atomic mass is 10.0. The molecule has 0 N–H and O–H groups in total. The van der Waals surface area contributed by atoms with Gasteiger partial charge in [0.25, 0.3) is 0 Å². The fourth-order valence-electron chi connectivity index (χ4n) is 1.72. The lowest BCUT2D eigenvalue weighted by Gasteiger charge is -2.20. The summed E-state index contributed by atoms with van der Waals surface area (Å²) in [6, 6.07) is 0. The molecule has 1 aromatic heterocycles. The highest BCUT2D eigenvalue weighted by Crippen LogP contribution is 2.30. The normalized spacial score (nSPS) is 18.6. The van der Waals surface area contributed by atoms with Crippen LogP contribution in [0.1, 0.15) is 37.9 Å². The van der Waals surface area contributed by atoms with Gasteiger partial charge < -0.3 is 0 Å². The fraction of sp³-hybridized carbons (Fsp3) is 0.778. The summed E-state index contributed by atoms with van der Waals surface area (Å²) in [6.45, 7) is 0. The first-order chi connectivity index (χ1) is 6.84. The Kier molecular flexibility index (Phi) is 4.25. The van der Waals surface area contributed by atoms with E-state index in [4.69, 9.17) is 0 Å². The highest BCUT2D eigenvalue weighted by molar-refractivity contribution is 9.11. The van der Waals surface area contributed by atoms with E-state index in [2.05, 4.69) is 25.3 Å². The molecule has 1 aliphatic carbocycles. The van der Waals surface area contributed by atoms with E-state index in [1.54, 1.807) is 0 Å². The second-order valence-corrected chi connectivity index (χ2v) is 6.85. The molecular formula is C9H13BrN2S2. The average molecular weight is 293 g/mol. The van der Waals surface area contributed by atoms with Gasteiger partial charge in [-0.25, -0.2) is 4.98 Å². The number of thioether (sulfide) groups is 1. The number of halogens is 1. The Balaban J connectivity index is 1.76. The maximum absolute atomic E-state index is 4.30. The van der Waals surface area contributed by atoms with Crippen molar-refractivity contribution < 1.29 is 0 Å². The van der Waals surface area contributed by atoms with Crippen LogP contribution in [0.15, 0.2) is 3.92 Å². The predicted molar refractivity (Wildman–Crippen MR) is 65.8 cm³/mol. The number of rotatable bonds is 3. The first kappa shape index (κ1) is 10.9. The molecule has 1 aliphatic rings. The molecule has 0 amide bonds. The van der Waals surface area contributed by atoms with Gasteiger partial charge in [-0.2, -0.15) is 16.1 Å². The molecule has 2 nitrogen and oxygen atoms in total. The Bertz CT molecular complexity index is 284. The highest BCUT2D eigenvalue weighted by atomic mass is 79.9. The van der Waals surface area contributed by atoms with Gasteiger partial charge in [-0.15, -0.1) is 0 Å². The molecule has 0 atom stereocenters. The lowest BCUT2D eigenvalue weighted by Crippen LogP contribution is -2.08. The van der Waals surface area contributed by atoms with E-state index in [1.807, 2.05) is 11.8 Å². The molecule has 78 valence electrons.